The third-order valence-electron chi connectivity index (χ3n) is 0.352. The van der Waals surface area contributed by atoms with E-state index in [2.05, 4.69) is 17.5 Å². The molecule has 0 heterocycles. The summed E-state index contributed by atoms with van der Waals surface area (Å²) in [6, 6.07) is 0. The van der Waals surface area contributed by atoms with E-state index in [1.165, 1.54) is 20.8 Å². The van der Waals surface area contributed by atoms with Crippen LogP contribution in [0.2, 0.25) is 0 Å². The molecule has 0 saturated heterocycles. The Labute approximate surface area is 187 Å². The van der Waals surface area contributed by atoms with Gasteiger partial charge in [0, 0.05) is 25.8 Å². The van der Waals surface area contributed by atoms with Gasteiger partial charge in [-0.15, -0.1) is 0 Å². The Morgan fingerprint density at radius 2 is 0.821 bits per heavy atom. The van der Waals surface area contributed by atoms with Gasteiger partial charge in [-0.25, -0.2) is 0 Å². The van der Waals surface area contributed by atoms with Crippen molar-refractivity contribution in [1.29, 1.82) is 5.41 Å². The maximum atomic E-state index is 9.70. The molecule has 0 aliphatic heterocycles. The smallest absolute Gasteiger partial charge is 0.216 e. The molecule has 184 valence electrons. The minimum absolute atomic E-state index is 0. The number of aliphatic hydroxyl groups excluding tert-OH is 1. The normalized spacial score (nSPS) is 5.29. The van der Waals surface area contributed by atoms with Crippen molar-refractivity contribution in [1.82, 2.24) is 5.32 Å². The van der Waals surface area contributed by atoms with E-state index in [9.17, 15) is 9.59 Å². The average Bonchev–Trinajstić information content (AvgIpc) is 2.13. The fourth-order valence-corrected chi connectivity index (χ4v) is 0. The maximum Gasteiger partial charge on any atom is 0.216 e. The molecule has 0 radical (unpaired) electrons. The molecule has 3 N–H and O–H groups in total. The second-order valence-electron chi connectivity index (χ2n) is 4.72. The average molecular weight is 435 g/mol. The van der Waals surface area contributed by atoms with Crippen molar-refractivity contribution in [2.75, 3.05) is 7.05 Å². The zero-order valence-corrected chi connectivity index (χ0v) is 16.1. The molecular weight excluding hydrogens is 372 g/mol. The molecule has 0 saturated carbocycles. The van der Waals surface area contributed by atoms with Crippen LogP contribution in [0.3, 0.4) is 0 Å². The molecular formula is C22H62N2O3S. The predicted octanol–water partition coefficient (Wildman–Crippen LogP) is 7.63. The number of thiocarbonyl (C=S) groups is 1. The largest absolute Gasteiger partial charge is 0.394 e. The van der Waals surface area contributed by atoms with Crippen LogP contribution >= 0.6 is 12.2 Å². The highest BCUT2D eigenvalue weighted by atomic mass is 32.1. The summed E-state index contributed by atoms with van der Waals surface area (Å²) in [5.41, 5.74) is 0.667. The second-order valence-corrected chi connectivity index (χ2v) is 5.53. The molecule has 0 aromatic carbocycles. The van der Waals surface area contributed by atoms with E-state index in [4.69, 9.17) is 10.5 Å². The number of hydrogen-bond donors (Lipinski definition) is 3. The van der Waals surface area contributed by atoms with Crippen LogP contribution in [0.1, 0.15) is 114 Å². The summed E-state index contributed by atoms with van der Waals surface area (Å²) in [7, 11) is 1.60. The van der Waals surface area contributed by atoms with Crippen LogP contribution in [-0.2, 0) is 9.59 Å². The van der Waals surface area contributed by atoms with Crippen molar-refractivity contribution in [2.45, 2.75) is 120 Å². The standard InChI is InChI=1S/C3H7NO.C3H7N.C3H8O.C3H6O.C3H6S.7CH4/c1-3(5)4-2;4*1-3(2)4;;;;;;;/h1-2H3,(H,4,5);4H,1-2H3;3-4H,1-2H3;2*1-2H3;7*1H4. The molecule has 0 aromatic heterocycles. The van der Waals surface area contributed by atoms with E-state index in [0.717, 1.165) is 4.86 Å². The topological polar surface area (TPSA) is 90.2 Å². The summed E-state index contributed by atoms with van der Waals surface area (Å²) in [5, 5.41) is 16.9. The van der Waals surface area contributed by atoms with Crippen LogP contribution in [0, 0.1) is 5.41 Å². The fraction of sp³-hybridized carbons (Fsp3) is 0.818. The SMILES string of the molecule is C.C.C.C.C.C.C.CC(C)=N.CC(C)=O.CC(C)=S.CC(C)O.CNC(C)=O. The first-order valence-corrected chi connectivity index (χ1v) is 6.93. The lowest BCUT2D eigenvalue weighted by Crippen LogP contribution is -2.11. The summed E-state index contributed by atoms with van der Waals surface area (Å²) in [4.78, 5) is 20.1. The molecule has 0 fully saturated rings. The molecule has 5 nitrogen and oxygen atoms in total. The molecule has 0 spiro atoms. The number of nitrogens with one attached hydrogen (secondary N) is 2. The van der Waals surface area contributed by atoms with Crippen molar-refractivity contribution < 1.29 is 14.7 Å². The van der Waals surface area contributed by atoms with Crippen LogP contribution in [-0.4, -0.2) is 40.5 Å². The summed E-state index contributed by atoms with van der Waals surface area (Å²) < 4.78 is 0. The first-order chi connectivity index (χ1) is 9.20. The van der Waals surface area contributed by atoms with E-state index in [-0.39, 0.29) is 69.8 Å². The van der Waals surface area contributed by atoms with E-state index in [1.807, 2.05) is 13.8 Å². The second kappa shape index (κ2) is 72.4. The molecule has 0 aliphatic rings. The first kappa shape index (κ1) is 81.3. The summed E-state index contributed by atoms with van der Waals surface area (Å²) in [5.74, 6) is 0.171. The predicted molar refractivity (Wildman–Crippen MR) is 144 cm³/mol. The quantitative estimate of drug-likeness (QED) is 0.270. The summed E-state index contributed by atoms with van der Waals surface area (Å²) in [6.07, 6.45) is -0.167. The number of ketones is 1. The molecule has 0 unspecified atom stereocenters. The third kappa shape index (κ3) is 19100. The minimum atomic E-state index is -0.167. The lowest BCUT2D eigenvalue weighted by Gasteiger charge is -1.80. The van der Waals surface area contributed by atoms with Crippen LogP contribution in [0.15, 0.2) is 0 Å². The molecule has 28 heavy (non-hydrogen) atoms. The highest BCUT2D eigenvalue weighted by Gasteiger charge is 1.72. The van der Waals surface area contributed by atoms with Gasteiger partial charge in [0.25, 0.3) is 0 Å². The van der Waals surface area contributed by atoms with E-state index >= 15 is 0 Å². The number of amides is 1. The van der Waals surface area contributed by atoms with Crippen molar-refractivity contribution in [3.8, 4) is 0 Å². The Balaban J connectivity index is -0.0000000108. The zero-order chi connectivity index (χ0) is 18.6. The first-order valence-electron chi connectivity index (χ1n) is 6.53. The number of rotatable bonds is 0. The molecule has 0 atom stereocenters. The number of carbonyl (C=O) groups excluding carboxylic acids is 2. The van der Waals surface area contributed by atoms with E-state index in [1.54, 1.807) is 34.7 Å². The van der Waals surface area contributed by atoms with Gasteiger partial charge in [0.05, 0.1) is 0 Å². The summed E-state index contributed by atoms with van der Waals surface area (Å²) in [6.45, 7) is 15.3. The van der Waals surface area contributed by atoms with E-state index < -0.39 is 0 Å². The molecule has 6 heteroatoms. The lowest BCUT2D eigenvalue weighted by molar-refractivity contribution is -0.118. The molecule has 0 bridgehead atoms. The highest BCUT2D eigenvalue weighted by Crippen LogP contribution is 1.65. The Morgan fingerprint density at radius 1 is 0.786 bits per heavy atom. The highest BCUT2D eigenvalue weighted by molar-refractivity contribution is 7.80. The lowest BCUT2D eigenvalue weighted by atomic mass is 10.5. The van der Waals surface area contributed by atoms with Crippen LogP contribution in [0.25, 0.3) is 0 Å². The van der Waals surface area contributed by atoms with Crippen molar-refractivity contribution >= 4 is 34.5 Å². The zero-order valence-electron chi connectivity index (χ0n) is 15.2. The minimum Gasteiger partial charge on any atom is -0.394 e. The Hall–Kier alpha value is -1.14. The van der Waals surface area contributed by atoms with Crippen LogP contribution < -0.4 is 5.32 Å². The van der Waals surface area contributed by atoms with Crippen molar-refractivity contribution in [2.24, 2.45) is 0 Å². The van der Waals surface area contributed by atoms with E-state index in [0.29, 0.717) is 5.71 Å². The van der Waals surface area contributed by atoms with Gasteiger partial charge in [0.2, 0.25) is 5.91 Å². The van der Waals surface area contributed by atoms with Gasteiger partial charge in [-0.05, 0) is 60.3 Å². The number of aliphatic hydroxyl groups is 1. The van der Waals surface area contributed by atoms with Gasteiger partial charge >= 0.3 is 0 Å². The van der Waals surface area contributed by atoms with Crippen molar-refractivity contribution in [3.63, 3.8) is 0 Å². The van der Waals surface area contributed by atoms with Gasteiger partial charge in [0.1, 0.15) is 5.78 Å². The fourth-order valence-electron chi connectivity index (χ4n) is 0. The van der Waals surface area contributed by atoms with Gasteiger partial charge in [-0.3, -0.25) is 4.79 Å². The monoisotopic (exact) mass is 434 g/mol. The molecule has 0 aliphatic carbocycles. The molecule has 0 aromatic rings. The maximum absolute atomic E-state index is 9.70. The number of carbonyl (C=O) groups is 2. The molecule has 0 rings (SSSR count). The number of hydrogen-bond acceptors (Lipinski definition) is 5. The molecule has 1 amide bonds. The van der Waals surface area contributed by atoms with Crippen LogP contribution in [0.4, 0.5) is 0 Å². The van der Waals surface area contributed by atoms with Gasteiger partial charge < -0.3 is 20.6 Å². The van der Waals surface area contributed by atoms with Gasteiger partial charge in [-0.1, -0.05) is 64.2 Å². The van der Waals surface area contributed by atoms with Crippen LogP contribution in [0.5, 0.6) is 0 Å². The number of Topliss-reactive ketones (excluding diaryl/α,β-unsaturated/α-hetero) is 1. The van der Waals surface area contributed by atoms with Gasteiger partial charge in [-0.2, -0.15) is 0 Å². The van der Waals surface area contributed by atoms with Gasteiger partial charge in [0.15, 0.2) is 0 Å². The van der Waals surface area contributed by atoms with Crippen molar-refractivity contribution in [3.05, 3.63) is 0 Å². The third-order valence-corrected chi connectivity index (χ3v) is 0.352. The Kier molecular flexibility index (Phi) is 210. The Bertz CT molecular complexity index is 238. The summed E-state index contributed by atoms with van der Waals surface area (Å²) >= 11 is 4.54. The Morgan fingerprint density at radius 3 is 0.821 bits per heavy atom.